The zero-order chi connectivity index (χ0) is 9.97. The summed E-state index contributed by atoms with van der Waals surface area (Å²) in [6, 6.07) is 6.48. The second kappa shape index (κ2) is 4.22. The number of alkyl halides is 1. The first-order chi connectivity index (χ1) is 6.79. The molecular weight excluding hydrogens is 196 g/mol. The van der Waals surface area contributed by atoms with Crippen molar-refractivity contribution in [1.29, 1.82) is 0 Å². The summed E-state index contributed by atoms with van der Waals surface area (Å²) in [5.74, 6) is 2.34. The molecule has 2 rings (SSSR count). The maximum atomic E-state index is 5.79. The van der Waals surface area contributed by atoms with E-state index in [1.54, 1.807) is 0 Å². The molecule has 1 heterocycles. The number of halogens is 1. The lowest BCUT2D eigenvalue weighted by atomic mass is 10.00. The first-order valence-electron chi connectivity index (χ1n) is 5.10. The normalized spacial score (nSPS) is 16.1. The highest BCUT2D eigenvalue weighted by molar-refractivity contribution is 6.18. The average Bonchev–Trinajstić information content (AvgIpc) is 2.64. The van der Waals surface area contributed by atoms with Crippen LogP contribution in [0.4, 0.5) is 0 Å². The molecule has 0 saturated heterocycles. The van der Waals surface area contributed by atoms with Gasteiger partial charge in [0, 0.05) is 12.3 Å². The van der Waals surface area contributed by atoms with E-state index in [4.69, 9.17) is 16.3 Å². The maximum absolute atomic E-state index is 5.79. The van der Waals surface area contributed by atoms with Crippen LogP contribution < -0.4 is 4.74 Å². The van der Waals surface area contributed by atoms with Gasteiger partial charge in [-0.3, -0.25) is 0 Å². The zero-order valence-corrected chi connectivity index (χ0v) is 9.18. The van der Waals surface area contributed by atoms with Gasteiger partial charge < -0.3 is 4.74 Å². The first kappa shape index (κ1) is 9.85. The molecule has 1 aromatic carbocycles. The molecule has 1 nitrogen and oxygen atoms in total. The molecule has 0 aromatic heterocycles. The van der Waals surface area contributed by atoms with Crippen LogP contribution in [0.2, 0.25) is 0 Å². The van der Waals surface area contributed by atoms with Crippen molar-refractivity contribution in [3.63, 3.8) is 0 Å². The van der Waals surface area contributed by atoms with Gasteiger partial charge in [0.05, 0.1) is 6.61 Å². The van der Waals surface area contributed by atoms with Gasteiger partial charge in [-0.2, -0.15) is 0 Å². The summed E-state index contributed by atoms with van der Waals surface area (Å²) in [5, 5.41) is 0. The van der Waals surface area contributed by atoms with Crippen LogP contribution in [0.1, 0.15) is 18.1 Å². The first-order valence-corrected chi connectivity index (χ1v) is 5.63. The highest BCUT2D eigenvalue weighted by atomic mass is 35.5. The van der Waals surface area contributed by atoms with Crippen LogP contribution in [-0.4, -0.2) is 12.5 Å². The molecule has 0 aliphatic carbocycles. The Bertz CT molecular complexity index is 322. The third-order valence-electron chi connectivity index (χ3n) is 2.60. The van der Waals surface area contributed by atoms with Crippen molar-refractivity contribution >= 4 is 11.6 Å². The van der Waals surface area contributed by atoms with E-state index in [0.29, 0.717) is 5.92 Å². The summed E-state index contributed by atoms with van der Waals surface area (Å²) < 4.78 is 5.46. The molecule has 0 fully saturated rings. The molecule has 1 aromatic rings. The fraction of sp³-hybridized carbons (Fsp3) is 0.500. The SMILES string of the molecule is CC(CCl)Cc1ccc2c(c1)CCO2. The van der Waals surface area contributed by atoms with Crippen LogP contribution in [0.5, 0.6) is 5.75 Å². The van der Waals surface area contributed by atoms with Crippen molar-refractivity contribution in [3.05, 3.63) is 29.3 Å². The Balaban J connectivity index is 2.12. The summed E-state index contributed by atoms with van der Waals surface area (Å²) in [4.78, 5) is 0. The third-order valence-corrected chi connectivity index (χ3v) is 3.13. The average molecular weight is 211 g/mol. The summed E-state index contributed by atoms with van der Waals surface area (Å²) in [7, 11) is 0. The van der Waals surface area contributed by atoms with Gasteiger partial charge in [-0.05, 0) is 29.5 Å². The van der Waals surface area contributed by atoms with Crippen molar-refractivity contribution in [2.24, 2.45) is 5.92 Å². The molecule has 76 valence electrons. The smallest absolute Gasteiger partial charge is 0.122 e. The molecule has 0 saturated carbocycles. The number of ether oxygens (including phenoxy) is 1. The molecule has 1 aliphatic rings. The largest absolute Gasteiger partial charge is 0.493 e. The van der Waals surface area contributed by atoms with Crippen LogP contribution in [0.25, 0.3) is 0 Å². The van der Waals surface area contributed by atoms with Gasteiger partial charge >= 0.3 is 0 Å². The van der Waals surface area contributed by atoms with Crippen molar-refractivity contribution < 1.29 is 4.74 Å². The van der Waals surface area contributed by atoms with E-state index in [-0.39, 0.29) is 0 Å². The van der Waals surface area contributed by atoms with Crippen molar-refractivity contribution in [2.45, 2.75) is 19.8 Å². The lowest BCUT2D eigenvalue weighted by Crippen LogP contribution is -2.01. The summed E-state index contributed by atoms with van der Waals surface area (Å²) in [6.45, 7) is 3.01. The second-order valence-electron chi connectivity index (χ2n) is 4.00. The van der Waals surface area contributed by atoms with Gasteiger partial charge in [-0.1, -0.05) is 19.1 Å². The Morgan fingerprint density at radius 2 is 2.36 bits per heavy atom. The van der Waals surface area contributed by atoms with Gasteiger partial charge in [0.1, 0.15) is 5.75 Å². The van der Waals surface area contributed by atoms with E-state index in [1.807, 2.05) is 0 Å². The number of rotatable bonds is 3. The summed E-state index contributed by atoms with van der Waals surface area (Å²) in [5.41, 5.74) is 2.73. The number of fused-ring (bicyclic) bond motifs is 1. The fourth-order valence-corrected chi connectivity index (χ4v) is 1.93. The minimum absolute atomic E-state index is 0.553. The van der Waals surface area contributed by atoms with E-state index in [2.05, 4.69) is 25.1 Å². The standard InChI is InChI=1S/C12H15ClO/c1-9(8-13)6-10-2-3-12-11(7-10)4-5-14-12/h2-3,7,9H,4-6,8H2,1H3. The van der Waals surface area contributed by atoms with E-state index < -0.39 is 0 Å². The van der Waals surface area contributed by atoms with Crippen LogP contribution in [0.15, 0.2) is 18.2 Å². The van der Waals surface area contributed by atoms with E-state index >= 15 is 0 Å². The lowest BCUT2D eigenvalue weighted by molar-refractivity contribution is 0.357. The van der Waals surface area contributed by atoms with E-state index in [0.717, 1.165) is 31.1 Å². The Morgan fingerprint density at radius 1 is 1.50 bits per heavy atom. The monoisotopic (exact) mass is 210 g/mol. The number of hydrogen-bond donors (Lipinski definition) is 0. The molecule has 1 atom stereocenters. The second-order valence-corrected chi connectivity index (χ2v) is 4.31. The molecular formula is C12H15ClO. The van der Waals surface area contributed by atoms with E-state index in [1.165, 1.54) is 11.1 Å². The molecule has 1 aliphatic heterocycles. The zero-order valence-electron chi connectivity index (χ0n) is 8.42. The minimum atomic E-state index is 0.553. The molecule has 2 heteroatoms. The Kier molecular flexibility index (Phi) is 2.97. The fourth-order valence-electron chi connectivity index (χ4n) is 1.82. The molecule has 1 unspecified atom stereocenters. The van der Waals surface area contributed by atoms with Crippen molar-refractivity contribution in [3.8, 4) is 5.75 Å². The van der Waals surface area contributed by atoms with Crippen LogP contribution in [0, 0.1) is 5.92 Å². The predicted octanol–water partition coefficient (Wildman–Crippen LogP) is 3.04. The summed E-state index contributed by atoms with van der Waals surface area (Å²) >= 11 is 5.79. The van der Waals surface area contributed by atoms with Crippen LogP contribution in [0.3, 0.4) is 0 Å². The third kappa shape index (κ3) is 2.03. The molecule has 0 N–H and O–H groups in total. The van der Waals surface area contributed by atoms with Gasteiger partial charge in [-0.15, -0.1) is 11.6 Å². The van der Waals surface area contributed by atoms with Crippen molar-refractivity contribution in [2.75, 3.05) is 12.5 Å². The Labute approximate surface area is 90.0 Å². The van der Waals surface area contributed by atoms with Gasteiger partial charge in [0.25, 0.3) is 0 Å². The predicted molar refractivity (Wildman–Crippen MR) is 59.2 cm³/mol. The Hall–Kier alpha value is -0.690. The molecule has 0 radical (unpaired) electrons. The highest BCUT2D eigenvalue weighted by Gasteiger charge is 2.12. The van der Waals surface area contributed by atoms with Crippen LogP contribution >= 0.6 is 11.6 Å². The van der Waals surface area contributed by atoms with Crippen LogP contribution in [-0.2, 0) is 12.8 Å². The molecule has 14 heavy (non-hydrogen) atoms. The Morgan fingerprint density at radius 3 is 3.14 bits per heavy atom. The minimum Gasteiger partial charge on any atom is -0.493 e. The number of hydrogen-bond acceptors (Lipinski definition) is 1. The van der Waals surface area contributed by atoms with Crippen molar-refractivity contribution in [1.82, 2.24) is 0 Å². The molecule has 0 amide bonds. The lowest BCUT2D eigenvalue weighted by Gasteiger charge is -2.08. The van der Waals surface area contributed by atoms with Gasteiger partial charge in [0.2, 0.25) is 0 Å². The number of benzene rings is 1. The topological polar surface area (TPSA) is 9.23 Å². The molecule has 0 bridgehead atoms. The summed E-state index contributed by atoms with van der Waals surface area (Å²) in [6.07, 6.45) is 2.12. The quantitative estimate of drug-likeness (QED) is 0.697. The highest BCUT2D eigenvalue weighted by Crippen LogP contribution is 2.26. The maximum Gasteiger partial charge on any atom is 0.122 e. The van der Waals surface area contributed by atoms with Gasteiger partial charge in [-0.25, -0.2) is 0 Å². The molecule has 0 spiro atoms. The van der Waals surface area contributed by atoms with E-state index in [9.17, 15) is 0 Å². The van der Waals surface area contributed by atoms with Gasteiger partial charge in [0.15, 0.2) is 0 Å².